The van der Waals surface area contributed by atoms with Crippen molar-refractivity contribution < 1.29 is 9.18 Å². The summed E-state index contributed by atoms with van der Waals surface area (Å²) < 4.78 is 12.7. The van der Waals surface area contributed by atoms with Crippen molar-refractivity contribution in [3.05, 3.63) is 35.6 Å². The Morgan fingerprint density at radius 3 is 2.38 bits per heavy atom. The number of thiocarbonyl (C=S) groups is 1. The van der Waals surface area contributed by atoms with Gasteiger partial charge >= 0.3 is 0 Å². The SMILES string of the molecule is O=C(CC(=S)[S-])c1ccc(F)cc1. The maximum Gasteiger partial charge on any atom is 0.165 e. The summed E-state index contributed by atoms with van der Waals surface area (Å²) in [6, 6.07) is 5.32. The van der Waals surface area contributed by atoms with E-state index in [-0.39, 0.29) is 22.2 Å². The van der Waals surface area contributed by atoms with Gasteiger partial charge in [-0.05, 0) is 24.3 Å². The molecular formula is C9H6FOS2-. The van der Waals surface area contributed by atoms with Crippen molar-refractivity contribution in [2.45, 2.75) is 6.42 Å². The molecule has 0 unspecified atom stereocenters. The summed E-state index contributed by atoms with van der Waals surface area (Å²) in [5, 5.41) is 0. The van der Waals surface area contributed by atoms with Crippen molar-refractivity contribution in [3.8, 4) is 0 Å². The Hall–Kier alpha value is -0.870. The van der Waals surface area contributed by atoms with Crippen LogP contribution < -0.4 is 0 Å². The second-order valence-corrected chi connectivity index (χ2v) is 3.72. The highest BCUT2D eigenvalue weighted by molar-refractivity contribution is 8.00. The molecule has 0 aliphatic rings. The fourth-order valence-corrected chi connectivity index (χ4v) is 1.13. The van der Waals surface area contributed by atoms with Gasteiger partial charge in [-0.2, -0.15) is 0 Å². The standard InChI is InChI=1S/C9H7FOS2/c10-7-3-1-6(2-4-7)8(11)5-9(12)13/h1-4H,5H2,(H,12,13)/p-1. The van der Waals surface area contributed by atoms with Gasteiger partial charge in [-0.3, -0.25) is 4.79 Å². The number of hydrogen-bond acceptors (Lipinski definition) is 3. The summed E-state index contributed by atoms with van der Waals surface area (Å²) in [6.45, 7) is 0. The number of rotatable bonds is 3. The number of carbonyl (C=O) groups excluding carboxylic acids is 1. The Labute approximate surface area is 86.4 Å². The third-order valence-corrected chi connectivity index (χ3v) is 1.76. The highest BCUT2D eigenvalue weighted by Crippen LogP contribution is 2.06. The average Bonchev–Trinajstić information content (AvgIpc) is 2.04. The van der Waals surface area contributed by atoms with Crippen LogP contribution in [0.3, 0.4) is 0 Å². The van der Waals surface area contributed by atoms with E-state index in [1.54, 1.807) is 0 Å². The van der Waals surface area contributed by atoms with Gasteiger partial charge in [0.2, 0.25) is 0 Å². The van der Waals surface area contributed by atoms with Crippen molar-refractivity contribution in [2.75, 3.05) is 0 Å². The molecule has 1 rings (SSSR count). The predicted molar refractivity (Wildman–Crippen MR) is 55.3 cm³/mol. The summed E-state index contributed by atoms with van der Waals surface area (Å²) >= 11 is 9.23. The number of Topliss-reactive ketones (excluding diaryl/α,β-unsaturated/α-hetero) is 1. The van der Waals surface area contributed by atoms with Gasteiger partial charge < -0.3 is 24.8 Å². The Bertz CT molecular complexity index is 332. The first-order valence-electron chi connectivity index (χ1n) is 3.58. The summed E-state index contributed by atoms with van der Waals surface area (Å²) in [5.74, 6) is -0.530. The molecule has 0 atom stereocenters. The van der Waals surface area contributed by atoms with E-state index in [1.807, 2.05) is 0 Å². The van der Waals surface area contributed by atoms with E-state index in [2.05, 4.69) is 24.8 Å². The van der Waals surface area contributed by atoms with Crippen LogP contribution in [0, 0.1) is 5.82 Å². The van der Waals surface area contributed by atoms with Crippen LogP contribution in [-0.4, -0.2) is 9.98 Å². The molecule has 1 nitrogen and oxygen atoms in total. The molecule has 0 spiro atoms. The normalized spacial score (nSPS) is 9.62. The van der Waals surface area contributed by atoms with Crippen LogP contribution in [0.25, 0.3) is 0 Å². The van der Waals surface area contributed by atoms with Gasteiger partial charge in [-0.1, -0.05) is 0 Å². The van der Waals surface area contributed by atoms with Crippen LogP contribution in [0.15, 0.2) is 24.3 Å². The smallest absolute Gasteiger partial charge is 0.165 e. The average molecular weight is 213 g/mol. The molecule has 0 fully saturated rings. The minimum atomic E-state index is -0.363. The van der Waals surface area contributed by atoms with E-state index in [0.29, 0.717) is 5.56 Å². The van der Waals surface area contributed by atoms with E-state index in [9.17, 15) is 9.18 Å². The maximum absolute atomic E-state index is 12.5. The summed E-state index contributed by atoms with van der Waals surface area (Å²) in [4.78, 5) is 11.3. The van der Waals surface area contributed by atoms with Crippen molar-refractivity contribution in [3.63, 3.8) is 0 Å². The number of ketones is 1. The lowest BCUT2D eigenvalue weighted by Gasteiger charge is -2.03. The molecule has 0 heterocycles. The number of benzene rings is 1. The Balaban J connectivity index is 2.78. The number of halogens is 1. The predicted octanol–water partition coefficient (Wildman–Crippen LogP) is 2.27. The number of hydrogen-bond donors (Lipinski definition) is 0. The van der Waals surface area contributed by atoms with E-state index in [0.717, 1.165) is 0 Å². The zero-order chi connectivity index (χ0) is 9.84. The number of carbonyl (C=O) groups is 1. The Morgan fingerprint density at radius 1 is 1.38 bits per heavy atom. The van der Waals surface area contributed by atoms with E-state index >= 15 is 0 Å². The van der Waals surface area contributed by atoms with Crippen molar-refractivity contribution in [2.24, 2.45) is 0 Å². The zero-order valence-corrected chi connectivity index (χ0v) is 8.25. The van der Waals surface area contributed by atoms with Gasteiger partial charge in [0.1, 0.15) is 5.82 Å². The van der Waals surface area contributed by atoms with Crippen LogP contribution in [-0.2, 0) is 12.6 Å². The van der Waals surface area contributed by atoms with Crippen LogP contribution in [0.4, 0.5) is 4.39 Å². The topological polar surface area (TPSA) is 17.1 Å². The lowest BCUT2D eigenvalue weighted by Crippen LogP contribution is -2.03. The van der Waals surface area contributed by atoms with E-state index in [4.69, 9.17) is 0 Å². The van der Waals surface area contributed by atoms with Crippen LogP contribution in [0.2, 0.25) is 0 Å². The molecule has 13 heavy (non-hydrogen) atoms. The largest absolute Gasteiger partial charge is 0.432 e. The van der Waals surface area contributed by atoms with Gasteiger partial charge in [-0.15, -0.1) is 4.20 Å². The molecule has 0 bridgehead atoms. The molecule has 1 aromatic rings. The maximum atomic E-state index is 12.5. The quantitative estimate of drug-likeness (QED) is 0.435. The Morgan fingerprint density at radius 2 is 1.92 bits per heavy atom. The second-order valence-electron chi connectivity index (χ2n) is 2.48. The molecular weight excluding hydrogens is 207 g/mol. The van der Waals surface area contributed by atoms with Crippen LogP contribution in [0.1, 0.15) is 16.8 Å². The summed E-state index contributed by atoms with van der Waals surface area (Å²) in [5.41, 5.74) is 0.439. The van der Waals surface area contributed by atoms with Crippen LogP contribution in [0.5, 0.6) is 0 Å². The van der Waals surface area contributed by atoms with Gasteiger partial charge in [0.05, 0.1) is 0 Å². The molecule has 0 radical (unpaired) electrons. The molecule has 68 valence electrons. The summed E-state index contributed by atoms with van der Waals surface area (Å²) in [7, 11) is 0. The third kappa shape index (κ3) is 3.16. The monoisotopic (exact) mass is 213 g/mol. The van der Waals surface area contributed by atoms with Gasteiger partial charge in [0.15, 0.2) is 5.78 Å². The molecule has 0 aromatic heterocycles. The van der Waals surface area contributed by atoms with E-state index < -0.39 is 0 Å². The first kappa shape index (κ1) is 10.2. The molecule has 4 heteroatoms. The first-order chi connectivity index (χ1) is 6.09. The van der Waals surface area contributed by atoms with E-state index in [1.165, 1.54) is 24.3 Å². The molecule has 0 amide bonds. The summed E-state index contributed by atoms with van der Waals surface area (Å²) in [6.07, 6.45) is 0.0658. The fraction of sp³-hybridized carbons (Fsp3) is 0.111. The minimum Gasteiger partial charge on any atom is -0.432 e. The first-order valence-corrected chi connectivity index (χ1v) is 4.40. The highest BCUT2D eigenvalue weighted by atomic mass is 32.1. The molecule has 0 saturated carbocycles. The zero-order valence-electron chi connectivity index (χ0n) is 6.62. The van der Waals surface area contributed by atoms with Gasteiger partial charge in [0.25, 0.3) is 0 Å². The molecule has 0 aliphatic heterocycles. The van der Waals surface area contributed by atoms with Crippen molar-refractivity contribution in [1.82, 2.24) is 0 Å². The lowest BCUT2D eigenvalue weighted by molar-refractivity contribution is 0.100. The Kier molecular flexibility index (Phi) is 3.45. The molecule has 0 N–H and O–H groups in total. The third-order valence-electron chi connectivity index (χ3n) is 1.47. The lowest BCUT2D eigenvalue weighted by atomic mass is 10.1. The molecule has 0 aliphatic carbocycles. The fourth-order valence-electron chi connectivity index (χ4n) is 0.869. The van der Waals surface area contributed by atoms with Gasteiger partial charge in [0, 0.05) is 12.0 Å². The second kappa shape index (κ2) is 4.39. The minimum absolute atomic E-state index is 0.0658. The van der Waals surface area contributed by atoms with Crippen molar-refractivity contribution >= 4 is 34.8 Å². The van der Waals surface area contributed by atoms with Crippen molar-refractivity contribution in [1.29, 1.82) is 0 Å². The molecule has 1 aromatic carbocycles. The highest BCUT2D eigenvalue weighted by Gasteiger charge is 2.03. The van der Waals surface area contributed by atoms with Crippen LogP contribution >= 0.6 is 12.2 Å². The molecule has 0 saturated heterocycles. The van der Waals surface area contributed by atoms with Gasteiger partial charge in [-0.25, -0.2) is 4.39 Å².